The Kier molecular flexibility index (Phi) is 20.0. The molecule has 2 atom stereocenters. The minimum Gasteiger partial charge on any atom is -0.394 e. The van der Waals surface area contributed by atoms with Crippen LogP contribution >= 0.6 is 11.8 Å². The van der Waals surface area contributed by atoms with Crippen molar-refractivity contribution in [2.24, 2.45) is 0 Å². The number of thioether (sulfide) groups is 1. The van der Waals surface area contributed by atoms with Crippen LogP contribution in [-0.4, -0.2) is 34.9 Å². The van der Waals surface area contributed by atoms with Crippen LogP contribution in [0.3, 0.4) is 0 Å². The Balaban J connectivity index is 1.98. The van der Waals surface area contributed by atoms with Crippen molar-refractivity contribution in [3.8, 4) is 0 Å². The van der Waals surface area contributed by atoms with Gasteiger partial charge in [0.15, 0.2) is 0 Å². The number of nitrogens with one attached hydrogen (secondary N) is 1. The molecule has 0 aromatic heterocycles. The molecule has 1 amide bonds. The topological polar surface area (TPSA) is 69.6 Å². The second kappa shape index (κ2) is 22.2. The molecule has 3 N–H and O–H groups in total. The summed E-state index contributed by atoms with van der Waals surface area (Å²) in [6.07, 6.45) is 20.6. The van der Waals surface area contributed by atoms with Crippen LogP contribution in [0.1, 0.15) is 110 Å². The normalized spacial score (nSPS) is 13.3. The third-order valence-electron chi connectivity index (χ3n) is 6.19. The maximum absolute atomic E-state index is 12.2. The number of unbranched alkanes of at least 4 members (excludes halogenated alkanes) is 14. The van der Waals surface area contributed by atoms with Gasteiger partial charge >= 0.3 is 0 Å². The molecular formula is C29H49NO3S. The molecule has 1 rings (SSSR count). The Labute approximate surface area is 213 Å². The van der Waals surface area contributed by atoms with Crippen molar-refractivity contribution in [1.82, 2.24) is 5.32 Å². The lowest BCUT2D eigenvalue weighted by Gasteiger charge is -2.19. The molecule has 0 aliphatic heterocycles. The third-order valence-corrected chi connectivity index (χ3v) is 7.02. The fraction of sp³-hybridized carbons (Fsp3) is 0.690. The van der Waals surface area contributed by atoms with Crippen LogP contribution in [0.2, 0.25) is 0 Å². The molecule has 194 valence electrons. The Morgan fingerprint density at radius 1 is 0.853 bits per heavy atom. The van der Waals surface area contributed by atoms with Crippen molar-refractivity contribution < 1.29 is 15.0 Å². The minimum absolute atomic E-state index is 0.100. The van der Waals surface area contributed by atoms with Gasteiger partial charge in [-0.15, -0.1) is 0 Å². The minimum atomic E-state index is -0.911. The Bertz CT molecular complexity index is 623. The van der Waals surface area contributed by atoms with Crippen molar-refractivity contribution in [2.45, 2.75) is 127 Å². The van der Waals surface area contributed by atoms with Crippen LogP contribution in [0.5, 0.6) is 0 Å². The number of carbonyl (C=O) groups excluding carboxylic acids is 1. The summed E-state index contributed by atoms with van der Waals surface area (Å²) in [5.74, 6) is -0.100. The first-order chi connectivity index (χ1) is 16.7. The number of carbonyl (C=O) groups is 1. The van der Waals surface area contributed by atoms with E-state index in [0.29, 0.717) is 6.42 Å². The summed E-state index contributed by atoms with van der Waals surface area (Å²) < 4.78 is 0. The Hall–Kier alpha value is -1.30. The van der Waals surface area contributed by atoms with E-state index in [1.807, 2.05) is 30.3 Å². The maximum atomic E-state index is 12.2. The van der Waals surface area contributed by atoms with Crippen LogP contribution in [0.4, 0.5) is 0 Å². The number of benzene rings is 1. The van der Waals surface area contributed by atoms with Gasteiger partial charge in [0.1, 0.15) is 0 Å². The first-order valence-electron chi connectivity index (χ1n) is 13.6. The quantitative estimate of drug-likeness (QED) is 0.117. The molecule has 0 unspecified atom stereocenters. The van der Waals surface area contributed by atoms with Crippen LogP contribution in [0.25, 0.3) is 0 Å². The molecule has 0 heterocycles. The van der Waals surface area contributed by atoms with Gasteiger partial charge in [-0.25, -0.2) is 0 Å². The molecule has 1 aromatic carbocycles. The second-order valence-corrected chi connectivity index (χ2v) is 10.3. The monoisotopic (exact) mass is 491 g/mol. The van der Waals surface area contributed by atoms with Crippen molar-refractivity contribution in [3.63, 3.8) is 0 Å². The Morgan fingerprint density at radius 3 is 1.85 bits per heavy atom. The highest BCUT2D eigenvalue weighted by atomic mass is 32.2. The maximum Gasteiger partial charge on any atom is 0.220 e. The number of hydrogen-bond acceptors (Lipinski definition) is 4. The lowest BCUT2D eigenvalue weighted by molar-refractivity contribution is -0.123. The van der Waals surface area contributed by atoms with Gasteiger partial charge in [0, 0.05) is 11.3 Å². The summed E-state index contributed by atoms with van der Waals surface area (Å²) >= 11 is 1.49. The fourth-order valence-corrected chi connectivity index (χ4v) is 4.72. The van der Waals surface area contributed by atoms with Crippen molar-refractivity contribution in [2.75, 3.05) is 6.61 Å². The van der Waals surface area contributed by atoms with Crippen LogP contribution in [0.15, 0.2) is 46.7 Å². The second-order valence-electron chi connectivity index (χ2n) is 9.31. The van der Waals surface area contributed by atoms with Gasteiger partial charge < -0.3 is 15.5 Å². The summed E-state index contributed by atoms with van der Waals surface area (Å²) in [6, 6.07) is 9.19. The molecule has 4 nitrogen and oxygen atoms in total. The van der Waals surface area contributed by atoms with E-state index in [2.05, 4.69) is 12.2 Å². The zero-order chi connectivity index (χ0) is 24.7. The molecule has 0 fully saturated rings. The summed E-state index contributed by atoms with van der Waals surface area (Å²) in [7, 11) is 0. The zero-order valence-corrected chi connectivity index (χ0v) is 22.2. The number of amides is 1. The number of aliphatic hydroxyl groups excluding tert-OH is 2. The predicted molar refractivity (Wildman–Crippen MR) is 146 cm³/mol. The number of aliphatic hydroxyl groups is 2. The lowest BCUT2D eigenvalue weighted by atomic mass is 10.0. The number of hydrogen-bond donors (Lipinski definition) is 3. The highest BCUT2D eigenvalue weighted by molar-refractivity contribution is 8.02. The summed E-state index contributed by atoms with van der Waals surface area (Å²) in [5, 5.41) is 24.4. The van der Waals surface area contributed by atoms with E-state index in [-0.39, 0.29) is 12.5 Å². The van der Waals surface area contributed by atoms with Crippen molar-refractivity contribution >= 4 is 17.7 Å². The van der Waals surface area contributed by atoms with E-state index < -0.39 is 12.1 Å². The molecule has 0 spiro atoms. The van der Waals surface area contributed by atoms with E-state index in [0.717, 1.165) is 17.7 Å². The van der Waals surface area contributed by atoms with Crippen molar-refractivity contribution in [1.29, 1.82) is 0 Å². The number of rotatable bonds is 22. The van der Waals surface area contributed by atoms with Gasteiger partial charge in [0.05, 0.1) is 18.8 Å². The molecular weight excluding hydrogens is 442 g/mol. The van der Waals surface area contributed by atoms with E-state index >= 15 is 0 Å². The zero-order valence-electron chi connectivity index (χ0n) is 21.4. The highest BCUT2D eigenvalue weighted by Crippen LogP contribution is 2.18. The molecule has 0 saturated heterocycles. The standard InChI is InChI=1S/C29H49NO3S/c1-2-3-4-5-6-7-8-9-10-11-12-13-14-15-19-22-29(33)30-27(25-31)28(32)23-24-34-26-20-17-16-18-21-26/h16-18,20-21,23-24,27-28,31-32H,2-15,19,22,25H2,1H3,(H,30,33)/b24-23+/t27-,28+/m0/s1. The van der Waals surface area contributed by atoms with Crippen LogP contribution < -0.4 is 5.32 Å². The van der Waals surface area contributed by atoms with Gasteiger partial charge in [-0.2, -0.15) is 0 Å². The molecule has 34 heavy (non-hydrogen) atoms. The van der Waals surface area contributed by atoms with Crippen LogP contribution in [-0.2, 0) is 4.79 Å². The van der Waals surface area contributed by atoms with Gasteiger partial charge in [0.2, 0.25) is 5.91 Å². The van der Waals surface area contributed by atoms with E-state index in [4.69, 9.17) is 0 Å². The van der Waals surface area contributed by atoms with Crippen molar-refractivity contribution in [3.05, 3.63) is 41.8 Å². The summed E-state index contributed by atoms with van der Waals surface area (Å²) in [6.45, 7) is 1.98. The van der Waals surface area contributed by atoms with E-state index in [9.17, 15) is 15.0 Å². The average Bonchev–Trinajstić information content (AvgIpc) is 2.85. The van der Waals surface area contributed by atoms with E-state index in [1.54, 1.807) is 11.5 Å². The lowest BCUT2D eigenvalue weighted by Crippen LogP contribution is -2.45. The van der Waals surface area contributed by atoms with Gasteiger partial charge in [0.25, 0.3) is 0 Å². The molecule has 0 aliphatic carbocycles. The fourth-order valence-electron chi connectivity index (χ4n) is 4.01. The molecule has 5 heteroatoms. The molecule has 0 bridgehead atoms. The third kappa shape index (κ3) is 17.2. The largest absolute Gasteiger partial charge is 0.394 e. The summed E-state index contributed by atoms with van der Waals surface area (Å²) in [4.78, 5) is 13.3. The molecule has 0 aliphatic rings. The first kappa shape index (κ1) is 30.7. The van der Waals surface area contributed by atoms with Gasteiger partial charge in [-0.1, -0.05) is 127 Å². The molecule has 0 saturated carbocycles. The first-order valence-corrected chi connectivity index (χ1v) is 14.5. The van der Waals surface area contributed by atoms with Gasteiger partial charge in [-0.05, 0) is 30.0 Å². The Morgan fingerprint density at radius 2 is 1.35 bits per heavy atom. The smallest absolute Gasteiger partial charge is 0.220 e. The average molecular weight is 492 g/mol. The molecule has 1 aromatic rings. The van der Waals surface area contributed by atoms with Crippen LogP contribution in [0, 0.1) is 0 Å². The SMILES string of the molecule is CCCCCCCCCCCCCCCCCC(=O)N[C@@H](CO)[C@H](O)/C=C/Sc1ccccc1. The van der Waals surface area contributed by atoms with E-state index in [1.165, 1.54) is 95.2 Å². The summed E-state index contributed by atoms with van der Waals surface area (Å²) in [5.41, 5.74) is 0. The molecule has 0 radical (unpaired) electrons. The predicted octanol–water partition coefficient (Wildman–Crippen LogP) is 7.39. The van der Waals surface area contributed by atoms with Gasteiger partial charge in [-0.3, -0.25) is 4.79 Å². The highest BCUT2D eigenvalue weighted by Gasteiger charge is 2.18.